The van der Waals surface area contributed by atoms with Gasteiger partial charge in [0.2, 0.25) is 0 Å². The normalized spacial score (nSPS) is 11.4. The van der Waals surface area contributed by atoms with Crippen molar-refractivity contribution in [3.8, 4) is 0 Å². The van der Waals surface area contributed by atoms with Gasteiger partial charge in [-0.25, -0.2) is 0 Å². The van der Waals surface area contributed by atoms with E-state index in [4.69, 9.17) is 7.85 Å². The fraction of sp³-hybridized carbons (Fsp3) is 0.400. The largest absolute Gasteiger partial charge is 0.870 e. The molecule has 3 N–H and O–H groups in total. The van der Waals surface area contributed by atoms with Crippen LogP contribution in [0.3, 0.4) is 0 Å². The van der Waals surface area contributed by atoms with E-state index in [9.17, 15) is 8.42 Å². The average Bonchev–Trinajstić information content (AvgIpc) is 2.00. The number of benzene rings is 1. The Bertz CT molecular complexity index is 436. The van der Waals surface area contributed by atoms with E-state index in [0.717, 1.165) is 0 Å². The first kappa shape index (κ1) is 18.5. The van der Waals surface area contributed by atoms with Crippen molar-refractivity contribution in [2.24, 2.45) is 0 Å². The summed E-state index contributed by atoms with van der Waals surface area (Å²) < 4.78 is 26.2. The van der Waals surface area contributed by atoms with E-state index < -0.39 is 15.6 Å². The minimum absolute atomic E-state index is 0. The molecule has 0 amide bonds. The number of hydrogen-bond donors (Lipinski definition) is 1. The predicted octanol–water partition coefficient (Wildman–Crippen LogP) is 0.204. The summed E-state index contributed by atoms with van der Waals surface area (Å²) in [5, 5.41) is 0. The van der Waals surface area contributed by atoms with Crippen LogP contribution in [0.1, 0.15) is 20.8 Å². The average molecular weight is 257 g/mol. The summed E-state index contributed by atoms with van der Waals surface area (Å²) in [6.07, 6.45) is 0. The van der Waals surface area contributed by atoms with E-state index in [2.05, 4.69) is 4.72 Å². The zero-order valence-corrected chi connectivity index (χ0v) is 10.8. The van der Waals surface area contributed by atoms with Gasteiger partial charge in [-0.2, -0.15) is 0 Å². The predicted molar refractivity (Wildman–Crippen MR) is 65.8 cm³/mol. The molecular formula is C10H16BNO4S. The van der Waals surface area contributed by atoms with Crippen molar-refractivity contribution < 1.29 is 19.4 Å². The Morgan fingerprint density at radius 3 is 1.82 bits per heavy atom. The quantitative estimate of drug-likeness (QED) is 0.764. The van der Waals surface area contributed by atoms with Crippen LogP contribution in [0.25, 0.3) is 0 Å². The Morgan fingerprint density at radius 1 is 1.06 bits per heavy atom. The fourth-order valence-electron chi connectivity index (χ4n) is 1.11. The minimum Gasteiger partial charge on any atom is -0.870 e. The van der Waals surface area contributed by atoms with Gasteiger partial charge in [-0.1, -0.05) is 0 Å². The van der Waals surface area contributed by atoms with Crippen LogP contribution in [-0.4, -0.2) is 32.8 Å². The molecule has 5 nitrogen and oxygen atoms in total. The maximum Gasteiger partial charge on any atom is -0.870 e. The van der Waals surface area contributed by atoms with Gasteiger partial charge in [0.25, 0.3) is 0 Å². The molecule has 0 fully saturated rings. The molecule has 0 aliphatic rings. The van der Waals surface area contributed by atoms with Gasteiger partial charge in [-0.15, -0.1) is 0 Å². The van der Waals surface area contributed by atoms with Crippen molar-refractivity contribution in [2.45, 2.75) is 31.2 Å². The number of sulfonamides is 1. The van der Waals surface area contributed by atoms with Crippen LogP contribution >= 0.6 is 0 Å². The van der Waals surface area contributed by atoms with E-state index >= 15 is 0 Å². The van der Waals surface area contributed by atoms with Gasteiger partial charge in [-0.05, 0) is 0 Å². The molecule has 17 heavy (non-hydrogen) atoms. The minimum atomic E-state index is -3.44. The molecule has 0 unspecified atom stereocenters. The molecule has 7 heteroatoms. The van der Waals surface area contributed by atoms with Crippen molar-refractivity contribution in [3.05, 3.63) is 24.3 Å². The van der Waals surface area contributed by atoms with Crippen molar-refractivity contribution >= 4 is 23.3 Å². The van der Waals surface area contributed by atoms with Gasteiger partial charge in [0.1, 0.15) is 0 Å². The third-order valence-corrected chi connectivity index (χ3v) is 3.40. The van der Waals surface area contributed by atoms with Crippen LogP contribution in [0.4, 0.5) is 0 Å². The third-order valence-electron chi connectivity index (χ3n) is 1.63. The van der Waals surface area contributed by atoms with Crippen LogP contribution in [0.5, 0.6) is 0 Å². The van der Waals surface area contributed by atoms with E-state index in [1.54, 1.807) is 32.9 Å². The summed E-state index contributed by atoms with van der Waals surface area (Å²) in [6.45, 7) is 5.38. The van der Waals surface area contributed by atoms with E-state index in [-0.39, 0.29) is 15.8 Å². The summed E-state index contributed by atoms with van der Waals surface area (Å²) in [5.74, 6) is 0. The second-order valence-corrected chi connectivity index (χ2v) is 6.11. The topological polar surface area (TPSA) is 106 Å². The molecule has 0 spiro atoms. The van der Waals surface area contributed by atoms with Crippen molar-refractivity contribution in [1.82, 2.24) is 4.72 Å². The first-order chi connectivity index (χ1) is 6.71. The summed E-state index contributed by atoms with van der Waals surface area (Å²) in [4.78, 5) is 0.228. The molecule has 0 radical (unpaired) electrons. The van der Waals surface area contributed by atoms with E-state index in [1.807, 2.05) is 0 Å². The maximum absolute atomic E-state index is 11.8. The first-order valence-electron chi connectivity index (χ1n) is 4.60. The van der Waals surface area contributed by atoms with Crippen LogP contribution in [0.2, 0.25) is 0 Å². The number of nitrogens with one attached hydrogen (secondary N) is 1. The van der Waals surface area contributed by atoms with Crippen molar-refractivity contribution in [2.75, 3.05) is 0 Å². The standard InChI is InChI=1S/C10H14BNO2S.2H2O/c1-10(2,3)12-15(13,14)9-6-4-8(11)5-7-9;;/h4-7,12H,1-3H3;2*1H2/q+2;;/p-2. The molecule has 0 aromatic heterocycles. The Morgan fingerprint density at radius 2 is 1.47 bits per heavy atom. The molecule has 0 aliphatic heterocycles. The zero-order valence-electron chi connectivity index (χ0n) is 10.0. The Balaban J connectivity index is 0. The van der Waals surface area contributed by atoms with Crippen molar-refractivity contribution in [3.63, 3.8) is 0 Å². The van der Waals surface area contributed by atoms with Gasteiger partial charge < -0.3 is 11.0 Å². The maximum atomic E-state index is 11.8. The van der Waals surface area contributed by atoms with Crippen LogP contribution < -0.4 is 10.2 Å². The summed E-state index contributed by atoms with van der Waals surface area (Å²) in [5.41, 5.74) is 0.0601. The van der Waals surface area contributed by atoms with Crippen LogP contribution in [-0.2, 0) is 10.0 Å². The molecule has 0 heterocycles. The monoisotopic (exact) mass is 257 g/mol. The summed E-state index contributed by atoms with van der Waals surface area (Å²) in [6, 6.07) is 6.11. The third kappa shape index (κ3) is 5.83. The van der Waals surface area contributed by atoms with Crippen LogP contribution in [0.15, 0.2) is 29.2 Å². The molecule has 0 atom stereocenters. The smallest absolute Gasteiger partial charge is 0.870 e. The molecule has 0 aliphatic carbocycles. The Kier molecular flexibility index (Phi) is 6.69. The molecule has 94 valence electrons. The molecule has 1 aromatic carbocycles. The number of rotatable bonds is 2. The van der Waals surface area contributed by atoms with E-state index in [0.29, 0.717) is 5.46 Å². The Hall–Kier alpha value is -0.885. The molecule has 0 saturated carbocycles. The number of hydrogen-bond acceptors (Lipinski definition) is 4. The summed E-state index contributed by atoms with van der Waals surface area (Å²) in [7, 11) is 2.04. The molecule has 0 bridgehead atoms. The molecule has 1 rings (SSSR count). The zero-order chi connectivity index (χ0) is 11.7. The van der Waals surface area contributed by atoms with Crippen molar-refractivity contribution in [1.29, 1.82) is 0 Å². The molecule has 0 saturated heterocycles. The second-order valence-electron chi connectivity index (χ2n) is 4.42. The van der Waals surface area contributed by atoms with Gasteiger partial charge in [0.15, 0.2) is 0 Å². The van der Waals surface area contributed by atoms with Gasteiger partial charge >= 0.3 is 91.9 Å². The molecular weight excluding hydrogens is 241 g/mol. The Labute approximate surface area is 103 Å². The van der Waals surface area contributed by atoms with E-state index in [1.165, 1.54) is 12.1 Å². The van der Waals surface area contributed by atoms with Gasteiger partial charge in [0.05, 0.1) is 0 Å². The fourth-order valence-corrected chi connectivity index (χ4v) is 2.53. The van der Waals surface area contributed by atoms with Gasteiger partial charge in [0, 0.05) is 0 Å². The van der Waals surface area contributed by atoms with Gasteiger partial charge in [-0.3, -0.25) is 0 Å². The first-order valence-corrected chi connectivity index (χ1v) is 6.08. The summed E-state index contributed by atoms with van der Waals surface area (Å²) >= 11 is 0. The van der Waals surface area contributed by atoms with Crippen LogP contribution in [0, 0.1) is 0 Å². The SMILES string of the molecule is [B+2]c1ccc(S(=O)(=O)NC(C)(C)C)cc1.[OH-].[OH-]. The second kappa shape index (κ2) is 6.16. The molecule has 1 aromatic rings.